The average molecular weight is 269 g/mol. The maximum absolute atomic E-state index is 12.0. The van der Waals surface area contributed by atoms with Crippen molar-refractivity contribution in [2.45, 2.75) is 19.1 Å². The summed E-state index contributed by atoms with van der Waals surface area (Å²) in [5.74, 6) is -0.552. The van der Waals surface area contributed by atoms with E-state index in [1.54, 1.807) is 30.3 Å². The van der Waals surface area contributed by atoms with Gasteiger partial charge in [0.25, 0.3) is 0 Å². The van der Waals surface area contributed by atoms with Gasteiger partial charge in [0.1, 0.15) is 0 Å². The molecule has 2 aromatic rings. The molecule has 2 rings (SSSR count). The number of rotatable bonds is 5. The number of carbonyl (C=O) groups is 1. The lowest BCUT2D eigenvalue weighted by Crippen LogP contribution is -2.31. The molecule has 0 radical (unpaired) electrons. The summed E-state index contributed by atoms with van der Waals surface area (Å²) in [6, 6.07) is 17.9. The summed E-state index contributed by atoms with van der Waals surface area (Å²) in [6.45, 7) is 1.51. The van der Waals surface area contributed by atoms with Crippen LogP contribution in [0.3, 0.4) is 0 Å². The molecule has 0 saturated heterocycles. The monoisotopic (exact) mass is 269 g/mol. The van der Waals surface area contributed by atoms with Gasteiger partial charge in [0, 0.05) is 13.3 Å². The molecular weight excluding hydrogens is 254 g/mol. The highest BCUT2D eigenvalue weighted by molar-refractivity contribution is 5.89. The minimum Gasteiger partial charge on any atom is -0.430 e. The van der Waals surface area contributed by atoms with Gasteiger partial charge in [-0.1, -0.05) is 48.5 Å². The van der Waals surface area contributed by atoms with E-state index in [0.29, 0.717) is 5.56 Å². The van der Waals surface area contributed by atoms with Gasteiger partial charge in [0.15, 0.2) is 0 Å². The fourth-order valence-corrected chi connectivity index (χ4v) is 1.89. The average Bonchev–Trinajstić information content (AvgIpc) is 2.49. The lowest BCUT2D eigenvalue weighted by molar-refractivity contribution is -0.00588. The molecule has 4 nitrogen and oxygen atoms in total. The second-order valence-corrected chi connectivity index (χ2v) is 4.68. The Morgan fingerprint density at radius 3 is 2.15 bits per heavy atom. The van der Waals surface area contributed by atoms with Crippen LogP contribution in [0.5, 0.6) is 0 Å². The Labute approximate surface area is 117 Å². The van der Waals surface area contributed by atoms with Crippen LogP contribution in [0.15, 0.2) is 65.8 Å². The standard InChI is InChI=1S/C16H15NO3/c1-16(17-19,12-13-8-4-2-5-9-13)20-15(18)14-10-6-3-7-11-14/h2-11H,12H2,1H3. The van der Waals surface area contributed by atoms with Crippen molar-refractivity contribution in [3.63, 3.8) is 0 Å². The van der Waals surface area contributed by atoms with Gasteiger partial charge in [0.05, 0.1) is 5.56 Å². The first-order valence-corrected chi connectivity index (χ1v) is 6.30. The second kappa shape index (κ2) is 6.10. The molecule has 0 N–H and O–H groups in total. The fourth-order valence-electron chi connectivity index (χ4n) is 1.89. The highest BCUT2D eigenvalue weighted by atomic mass is 16.6. The molecule has 0 amide bonds. The molecule has 20 heavy (non-hydrogen) atoms. The molecule has 4 heteroatoms. The van der Waals surface area contributed by atoms with E-state index in [0.717, 1.165) is 5.56 Å². The first-order chi connectivity index (χ1) is 9.63. The van der Waals surface area contributed by atoms with Crippen LogP contribution in [0.25, 0.3) is 0 Å². The van der Waals surface area contributed by atoms with Crippen molar-refractivity contribution in [2.75, 3.05) is 0 Å². The van der Waals surface area contributed by atoms with Gasteiger partial charge in [-0.15, -0.1) is 4.91 Å². The highest BCUT2D eigenvalue weighted by Crippen LogP contribution is 2.21. The summed E-state index contributed by atoms with van der Waals surface area (Å²) >= 11 is 0. The third-order valence-corrected chi connectivity index (χ3v) is 2.89. The normalized spacial score (nSPS) is 13.2. The van der Waals surface area contributed by atoms with Crippen molar-refractivity contribution >= 4 is 5.97 Å². The summed E-state index contributed by atoms with van der Waals surface area (Å²) in [5, 5.41) is 2.99. The van der Waals surface area contributed by atoms with Crippen molar-refractivity contribution in [3.8, 4) is 0 Å². The van der Waals surface area contributed by atoms with E-state index < -0.39 is 11.7 Å². The number of nitrogens with zero attached hydrogens (tertiary/aromatic N) is 1. The van der Waals surface area contributed by atoms with Crippen molar-refractivity contribution in [1.29, 1.82) is 0 Å². The van der Waals surface area contributed by atoms with Crippen molar-refractivity contribution in [3.05, 3.63) is 76.7 Å². The number of benzene rings is 2. The van der Waals surface area contributed by atoms with Gasteiger partial charge < -0.3 is 4.74 Å². The van der Waals surface area contributed by atoms with Crippen LogP contribution in [-0.4, -0.2) is 11.7 Å². The molecule has 1 unspecified atom stereocenters. The van der Waals surface area contributed by atoms with Gasteiger partial charge in [-0.2, -0.15) is 0 Å². The van der Waals surface area contributed by atoms with E-state index >= 15 is 0 Å². The molecular formula is C16H15NO3. The first kappa shape index (κ1) is 13.9. The van der Waals surface area contributed by atoms with Gasteiger partial charge in [-0.3, -0.25) is 0 Å². The van der Waals surface area contributed by atoms with Crippen LogP contribution in [-0.2, 0) is 11.2 Å². The lowest BCUT2D eigenvalue weighted by Gasteiger charge is -2.22. The number of carbonyl (C=O) groups excluding carboxylic acids is 1. The van der Waals surface area contributed by atoms with E-state index in [1.165, 1.54) is 6.92 Å². The van der Waals surface area contributed by atoms with Crippen LogP contribution < -0.4 is 0 Å². The summed E-state index contributed by atoms with van der Waals surface area (Å²) in [5.41, 5.74) is -0.125. The van der Waals surface area contributed by atoms with E-state index in [9.17, 15) is 9.70 Å². The van der Waals surface area contributed by atoms with Crippen molar-refractivity contribution in [2.24, 2.45) is 5.18 Å². The highest BCUT2D eigenvalue weighted by Gasteiger charge is 2.31. The molecule has 0 fully saturated rings. The zero-order valence-electron chi connectivity index (χ0n) is 11.2. The first-order valence-electron chi connectivity index (χ1n) is 6.30. The Morgan fingerprint density at radius 1 is 1.05 bits per heavy atom. The largest absolute Gasteiger partial charge is 0.430 e. The molecule has 0 aromatic heterocycles. The molecule has 0 aliphatic heterocycles. The maximum atomic E-state index is 12.0. The molecule has 0 aliphatic rings. The van der Waals surface area contributed by atoms with Crippen LogP contribution in [0.2, 0.25) is 0 Å². The van der Waals surface area contributed by atoms with Crippen LogP contribution in [0, 0.1) is 4.91 Å². The smallest absolute Gasteiger partial charge is 0.340 e. The number of esters is 1. The Hall–Kier alpha value is -2.49. The third kappa shape index (κ3) is 3.51. The number of ether oxygens (including phenoxy) is 1. The SMILES string of the molecule is CC(Cc1ccccc1)(N=O)OC(=O)c1ccccc1. The van der Waals surface area contributed by atoms with E-state index in [4.69, 9.17) is 4.74 Å². The van der Waals surface area contributed by atoms with Crippen LogP contribution in [0.4, 0.5) is 0 Å². The van der Waals surface area contributed by atoms with Gasteiger partial charge in [0.2, 0.25) is 5.72 Å². The summed E-state index contributed by atoms with van der Waals surface area (Å²) in [7, 11) is 0. The number of hydrogen-bond acceptors (Lipinski definition) is 4. The molecule has 102 valence electrons. The Morgan fingerprint density at radius 2 is 1.60 bits per heavy atom. The minimum atomic E-state index is -1.41. The molecule has 0 spiro atoms. The molecule has 0 bridgehead atoms. The molecule has 0 saturated carbocycles. The molecule has 1 atom stereocenters. The topological polar surface area (TPSA) is 55.7 Å². The van der Waals surface area contributed by atoms with Crippen LogP contribution >= 0.6 is 0 Å². The van der Waals surface area contributed by atoms with Crippen molar-refractivity contribution in [1.82, 2.24) is 0 Å². The van der Waals surface area contributed by atoms with Gasteiger partial charge in [-0.05, 0) is 22.9 Å². The second-order valence-electron chi connectivity index (χ2n) is 4.68. The zero-order chi connectivity index (χ0) is 14.4. The predicted octanol–water partition coefficient (Wildman–Crippen LogP) is 3.57. The molecule has 0 heterocycles. The Kier molecular flexibility index (Phi) is 4.25. The van der Waals surface area contributed by atoms with Gasteiger partial charge in [-0.25, -0.2) is 4.79 Å². The summed E-state index contributed by atoms with van der Waals surface area (Å²) in [4.78, 5) is 23.1. The predicted molar refractivity (Wildman–Crippen MR) is 76.2 cm³/mol. The summed E-state index contributed by atoms with van der Waals surface area (Å²) < 4.78 is 5.26. The van der Waals surface area contributed by atoms with Crippen LogP contribution in [0.1, 0.15) is 22.8 Å². The van der Waals surface area contributed by atoms with E-state index in [1.807, 2.05) is 30.3 Å². The van der Waals surface area contributed by atoms with Gasteiger partial charge >= 0.3 is 5.97 Å². The van der Waals surface area contributed by atoms with E-state index in [-0.39, 0.29) is 6.42 Å². The van der Waals surface area contributed by atoms with Crippen molar-refractivity contribution < 1.29 is 9.53 Å². The Balaban J connectivity index is 2.12. The lowest BCUT2D eigenvalue weighted by atomic mass is 10.0. The Bertz CT molecular complexity index is 583. The molecule has 2 aromatic carbocycles. The zero-order valence-corrected chi connectivity index (χ0v) is 11.2. The minimum absolute atomic E-state index is 0.246. The fraction of sp³-hybridized carbons (Fsp3) is 0.188. The number of nitroso groups, excluding NO2 is 1. The number of hydrogen-bond donors (Lipinski definition) is 0. The third-order valence-electron chi connectivity index (χ3n) is 2.89. The quantitative estimate of drug-likeness (QED) is 0.616. The molecule has 0 aliphatic carbocycles. The summed E-state index contributed by atoms with van der Waals surface area (Å²) in [6.07, 6.45) is 0.246. The van der Waals surface area contributed by atoms with E-state index in [2.05, 4.69) is 5.18 Å². The maximum Gasteiger partial charge on any atom is 0.340 e.